The van der Waals surface area contributed by atoms with Gasteiger partial charge in [-0.2, -0.15) is 10.1 Å². The molecular formula is C27H34N6O2. The summed E-state index contributed by atoms with van der Waals surface area (Å²) in [4.78, 5) is 9.77. The minimum Gasteiger partial charge on any atom is -0.497 e. The van der Waals surface area contributed by atoms with Gasteiger partial charge in [-0.1, -0.05) is 38.1 Å². The molecule has 0 spiro atoms. The monoisotopic (exact) mass is 474 g/mol. The number of hydrogen-bond donors (Lipinski definition) is 2. The Kier molecular flexibility index (Phi) is 7.39. The van der Waals surface area contributed by atoms with Gasteiger partial charge in [-0.3, -0.25) is 4.68 Å². The Labute approximate surface area is 206 Å². The van der Waals surface area contributed by atoms with Crippen LogP contribution in [0.5, 0.6) is 11.5 Å². The molecule has 2 N–H and O–H groups in total. The quantitative estimate of drug-likeness (QED) is 0.302. The normalized spacial score (nSPS) is 11.3. The van der Waals surface area contributed by atoms with E-state index in [9.17, 15) is 0 Å². The molecule has 35 heavy (non-hydrogen) atoms. The zero-order valence-corrected chi connectivity index (χ0v) is 21.3. The van der Waals surface area contributed by atoms with Crippen molar-refractivity contribution in [3.8, 4) is 11.5 Å². The van der Waals surface area contributed by atoms with Gasteiger partial charge < -0.3 is 20.1 Å². The van der Waals surface area contributed by atoms with E-state index in [1.807, 2.05) is 53.2 Å². The van der Waals surface area contributed by atoms with Crippen LogP contribution in [0.4, 0.5) is 11.8 Å². The predicted molar refractivity (Wildman–Crippen MR) is 140 cm³/mol. The van der Waals surface area contributed by atoms with Gasteiger partial charge in [0.2, 0.25) is 5.95 Å². The zero-order chi connectivity index (χ0) is 24.9. The Morgan fingerprint density at radius 1 is 0.771 bits per heavy atom. The molecule has 0 aliphatic heterocycles. The molecule has 2 aromatic heterocycles. The third-order valence-electron chi connectivity index (χ3n) is 5.84. The van der Waals surface area contributed by atoms with E-state index in [1.54, 1.807) is 14.2 Å². The first-order valence-electron chi connectivity index (χ1n) is 11.9. The molecule has 0 aliphatic rings. The number of nitrogens with one attached hydrogen (secondary N) is 2. The maximum absolute atomic E-state index is 5.28. The summed E-state index contributed by atoms with van der Waals surface area (Å²) in [7, 11) is 3.34. The van der Waals surface area contributed by atoms with E-state index in [0.29, 0.717) is 19.0 Å². The number of anilines is 2. The van der Waals surface area contributed by atoms with Crippen molar-refractivity contribution in [2.45, 2.75) is 52.7 Å². The number of nitrogens with zero attached hydrogens (tertiary/aromatic N) is 4. The molecule has 0 saturated heterocycles. The van der Waals surface area contributed by atoms with E-state index in [4.69, 9.17) is 24.5 Å². The van der Waals surface area contributed by atoms with Crippen molar-refractivity contribution < 1.29 is 9.47 Å². The molecule has 0 atom stereocenters. The number of fused-ring (bicyclic) bond motifs is 1. The van der Waals surface area contributed by atoms with Gasteiger partial charge >= 0.3 is 0 Å². The number of methoxy groups -OCH3 is 2. The van der Waals surface area contributed by atoms with Crippen LogP contribution < -0.4 is 20.1 Å². The van der Waals surface area contributed by atoms with Crippen LogP contribution in [0.15, 0.2) is 48.5 Å². The lowest BCUT2D eigenvalue weighted by Gasteiger charge is -2.14. The lowest BCUT2D eigenvalue weighted by molar-refractivity contribution is 0.414. The first-order valence-corrected chi connectivity index (χ1v) is 11.9. The summed E-state index contributed by atoms with van der Waals surface area (Å²) in [6.07, 6.45) is 0. The maximum Gasteiger partial charge on any atom is 0.225 e. The van der Waals surface area contributed by atoms with E-state index in [-0.39, 0.29) is 12.0 Å². The smallest absolute Gasteiger partial charge is 0.225 e. The fraction of sp³-hybridized carbons (Fsp3) is 0.370. The van der Waals surface area contributed by atoms with Crippen molar-refractivity contribution >= 4 is 22.8 Å². The highest BCUT2D eigenvalue weighted by molar-refractivity contribution is 5.89. The van der Waals surface area contributed by atoms with Crippen molar-refractivity contribution in [3.63, 3.8) is 0 Å². The molecule has 0 aliphatic carbocycles. The first-order chi connectivity index (χ1) is 16.9. The van der Waals surface area contributed by atoms with Crippen molar-refractivity contribution in [2.75, 3.05) is 24.9 Å². The SMILES string of the molecule is COc1ccc(CNc2nc(NCc3ccc(OC)cc3)c3c(n2)c(C(C)C)nn3C(C)C)cc1. The van der Waals surface area contributed by atoms with Crippen molar-refractivity contribution in [1.29, 1.82) is 0 Å². The van der Waals surface area contributed by atoms with Gasteiger partial charge in [-0.15, -0.1) is 0 Å². The van der Waals surface area contributed by atoms with E-state index in [2.05, 4.69) is 38.3 Å². The summed E-state index contributed by atoms with van der Waals surface area (Å²) < 4.78 is 12.6. The van der Waals surface area contributed by atoms with Gasteiger partial charge in [-0.25, -0.2) is 4.98 Å². The largest absolute Gasteiger partial charge is 0.497 e. The maximum atomic E-state index is 5.28. The Morgan fingerprint density at radius 3 is 1.80 bits per heavy atom. The first kappa shape index (κ1) is 24.3. The average molecular weight is 475 g/mol. The molecular weight excluding hydrogens is 440 g/mol. The molecule has 4 aromatic rings. The average Bonchev–Trinajstić information content (AvgIpc) is 3.27. The van der Waals surface area contributed by atoms with Gasteiger partial charge in [-0.05, 0) is 55.2 Å². The second-order valence-corrected chi connectivity index (χ2v) is 9.07. The van der Waals surface area contributed by atoms with Crippen LogP contribution in [0.1, 0.15) is 56.5 Å². The second kappa shape index (κ2) is 10.6. The van der Waals surface area contributed by atoms with Crippen LogP contribution in [0.2, 0.25) is 0 Å². The summed E-state index contributed by atoms with van der Waals surface area (Å²) in [6, 6.07) is 16.2. The number of ether oxygens (including phenoxy) is 2. The van der Waals surface area contributed by atoms with Crippen LogP contribution in [-0.4, -0.2) is 34.0 Å². The van der Waals surface area contributed by atoms with Crippen molar-refractivity contribution in [3.05, 3.63) is 65.4 Å². The van der Waals surface area contributed by atoms with Crippen molar-refractivity contribution in [1.82, 2.24) is 19.7 Å². The van der Waals surface area contributed by atoms with Crippen LogP contribution in [0, 0.1) is 0 Å². The molecule has 184 valence electrons. The molecule has 2 heterocycles. The molecule has 0 bridgehead atoms. The molecule has 0 radical (unpaired) electrons. The molecule has 4 rings (SSSR count). The summed E-state index contributed by atoms with van der Waals surface area (Å²) >= 11 is 0. The Bertz CT molecular complexity index is 1260. The lowest BCUT2D eigenvalue weighted by Crippen LogP contribution is -2.10. The summed E-state index contributed by atoms with van der Waals surface area (Å²) in [6.45, 7) is 9.75. The Balaban J connectivity index is 1.68. The lowest BCUT2D eigenvalue weighted by atomic mass is 10.1. The fourth-order valence-electron chi connectivity index (χ4n) is 3.88. The van der Waals surface area contributed by atoms with Gasteiger partial charge in [0.15, 0.2) is 5.82 Å². The third kappa shape index (κ3) is 5.48. The number of rotatable bonds is 10. The summed E-state index contributed by atoms with van der Waals surface area (Å²) in [5.41, 5.74) is 5.01. The molecule has 2 aromatic carbocycles. The highest BCUT2D eigenvalue weighted by Gasteiger charge is 2.22. The van der Waals surface area contributed by atoms with E-state index in [1.165, 1.54) is 0 Å². The second-order valence-electron chi connectivity index (χ2n) is 9.07. The van der Waals surface area contributed by atoms with Gasteiger partial charge in [0, 0.05) is 19.1 Å². The summed E-state index contributed by atoms with van der Waals surface area (Å²) in [5, 5.41) is 11.8. The predicted octanol–water partition coefficient (Wildman–Crippen LogP) is 5.77. The van der Waals surface area contributed by atoms with Crippen LogP contribution >= 0.6 is 0 Å². The molecule has 8 heteroatoms. The minimum atomic E-state index is 0.174. The van der Waals surface area contributed by atoms with E-state index in [0.717, 1.165) is 45.2 Å². The Hall–Kier alpha value is -3.81. The number of aromatic nitrogens is 4. The molecule has 0 unspecified atom stereocenters. The third-order valence-corrected chi connectivity index (χ3v) is 5.84. The summed E-state index contributed by atoms with van der Waals surface area (Å²) in [5.74, 6) is 3.23. The van der Waals surface area contributed by atoms with E-state index >= 15 is 0 Å². The highest BCUT2D eigenvalue weighted by atomic mass is 16.5. The minimum absolute atomic E-state index is 0.174. The zero-order valence-electron chi connectivity index (χ0n) is 21.3. The number of hydrogen-bond acceptors (Lipinski definition) is 7. The molecule has 0 saturated carbocycles. The van der Waals surface area contributed by atoms with Crippen LogP contribution in [0.3, 0.4) is 0 Å². The highest BCUT2D eigenvalue weighted by Crippen LogP contribution is 2.31. The van der Waals surface area contributed by atoms with Gasteiger partial charge in [0.25, 0.3) is 0 Å². The Morgan fingerprint density at radius 2 is 1.31 bits per heavy atom. The topological polar surface area (TPSA) is 86.1 Å². The van der Waals surface area contributed by atoms with Gasteiger partial charge in [0.05, 0.1) is 19.9 Å². The van der Waals surface area contributed by atoms with Crippen molar-refractivity contribution in [2.24, 2.45) is 0 Å². The molecule has 8 nitrogen and oxygen atoms in total. The van der Waals surface area contributed by atoms with Gasteiger partial charge in [0.1, 0.15) is 22.5 Å². The van der Waals surface area contributed by atoms with Crippen LogP contribution in [-0.2, 0) is 13.1 Å². The fourth-order valence-corrected chi connectivity index (χ4v) is 3.88. The standard InChI is InChI=1S/C27H34N6O2/c1-17(2)23-24-25(33(32-23)18(3)4)26(28-15-19-7-11-21(34-5)12-8-19)31-27(30-24)29-16-20-9-13-22(35-6)14-10-20/h7-14,17-18H,15-16H2,1-6H3,(H2,28,29,30,31). The van der Waals surface area contributed by atoms with E-state index < -0.39 is 0 Å². The molecule has 0 amide bonds. The molecule has 0 fully saturated rings. The van der Waals surface area contributed by atoms with Crippen LogP contribution in [0.25, 0.3) is 11.0 Å². The number of benzene rings is 2.